The third kappa shape index (κ3) is 1.01. The van der Waals surface area contributed by atoms with Crippen molar-refractivity contribution in [3.63, 3.8) is 0 Å². The van der Waals surface area contributed by atoms with Gasteiger partial charge < -0.3 is 14.1 Å². The molecule has 0 bridgehead atoms. The Bertz CT molecular complexity index is 541. The van der Waals surface area contributed by atoms with Crippen LogP contribution in [0.25, 0.3) is 11.4 Å². The van der Waals surface area contributed by atoms with Crippen molar-refractivity contribution in [2.75, 3.05) is 0 Å². The van der Waals surface area contributed by atoms with Gasteiger partial charge in [0.1, 0.15) is 11.5 Å². The second-order valence-electron chi connectivity index (χ2n) is 3.30. The van der Waals surface area contributed by atoms with Gasteiger partial charge >= 0.3 is 5.97 Å². The maximum atomic E-state index is 10.9. The van der Waals surface area contributed by atoms with E-state index in [1.54, 1.807) is 4.57 Å². The maximum absolute atomic E-state index is 10.9. The van der Waals surface area contributed by atoms with Gasteiger partial charge in [0.15, 0.2) is 6.39 Å². The molecule has 0 radical (unpaired) electrons. The number of hydrogen-bond donors (Lipinski definition) is 1. The highest BCUT2D eigenvalue weighted by Gasteiger charge is 2.25. The third-order valence-electron chi connectivity index (χ3n) is 2.49. The SMILES string of the molecule is O=C(O)c1ncc2n1CCc1ocnc1-2. The number of carboxylic acid groups (broad SMARTS) is 1. The minimum Gasteiger partial charge on any atom is -0.475 e. The molecule has 0 atom stereocenters. The number of nitrogens with zero attached hydrogens (tertiary/aromatic N) is 3. The first-order chi connectivity index (χ1) is 7.27. The van der Waals surface area contributed by atoms with Crippen molar-refractivity contribution in [1.82, 2.24) is 14.5 Å². The fourth-order valence-corrected chi connectivity index (χ4v) is 1.83. The zero-order valence-electron chi connectivity index (χ0n) is 7.67. The lowest BCUT2D eigenvalue weighted by atomic mass is 10.1. The van der Waals surface area contributed by atoms with E-state index in [0.717, 1.165) is 5.76 Å². The molecule has 15 heavy (non-hydrogen) atoms. The van der Waals surface area contributed by atoms with Crippen LogP contribution in [0, 0.1) is 0 Å². The van der Waals surface area contributed by atoms with Gasteiger partial charge in [0, 0.05) is 13.0 Å². The first kappa shape index (κ1) is 8.22. The van der Waals surface area contributed by atoms with Gasteiger partial charge in [-0.3, -0.25) is 0 Å². The Balaban J connectivity index is 2.23. The van der Waals surface area contributed by atoms with Crippen LogP contribution in [0.2, 0.25) is 0 Å². The van der Waals surface area contributed by atoms with Crippen LogP contribution in [0.1, 0.15) is 16.4 Å². The van der Waals surface area contributed by atoms with Gasteiger partial charge in [0.05, 0.1) is 11.9 Å². The Morgan fingerprint density at radius 3 is 3.20 bits per heavy atom. The van der Waals surface area contributed by atoms with E-state index in [4.69, 9.17) is 9.52 Å². The van der Waals surface area contributed by atoms with Crippen LogP contribution in [0.4, 0.5) is 0 Å². The zero-order valence-corrected chi connectivity index (χ0v) is 7.67. The van der Waals surface area contributed by atoms with Crippen LogP contribution in [0.15, 0.2) is 17.0 Å². The number of carboxylic acids is 1. The molecule has 0 saturated heterocycles. The van der Waals surface area contributed by atoms with E-state index in [2.05, 4.69) is 9.97 Å². The summed E-state index contributed by atoms with van der Waals surface area (Å²) in [6.07, 6.45) is 3.54. The molecule has 0 spiro atoms. The Labute approximate surface area is 84.2 Å². The summed E-state index contributed by atoms with van der Waals surface area (Å²) in [5.41, 5.74) is 1.41. The predicted molar refractivity (Wildman–Crippen MR) is 48.4 cm³/mol. The molecule has 0 aliphatic carbocycles. The highest BCUT2D eigenvalue weighted by atomic mass is 16.4. The molecule has 2 aromatic heterocycles. The largest absolute Gasteiger partial charge is 0.475 e. The number of oxazole rings is 1. The van der Waals surface area contributed by atoms with Gasteiger partial charge in [-0.1, -0.05) is 0 Å². The van der Waals surface area contributed by atoms with E-state index >= 15 is 0 Å². The van der Waals surface area contributed by atoms with Crippen molar-refractivity contribution in [3.05, 3.63) is 24.2 Å². The van der Waals surface area contributed by atoms with Gasteiger partial charge in [-0.25, -0.2) is 14.8 Å². The molecule has 6 nitrogen and oxygen atoms in total. The Hall–Kier alpha value is -2.11. The molecule has 3 heterocycles. The van der Waals surface area contributed by atoms with Crippen LogP contribution in [0.3, 0.4) is 0 Å². The van der Waals surface area contributed by atoms with E-state index in [0.29, 0.717) is 24.4 Å². The summed E-state index contributed by atoms with van der Waals surface area (Å²) in [7, 11) is 0. The predicted octanol–water partition coefficient (Wildman–Crippen LogP) is 0.792. The molecule has 0 saturated carbocycles. The molecular weight excluding hydrogens is 198 g/mol. The average molecular weight is 205 g/mol. The Morgan fingerprint density at radius 2 is 2.40 bits per heavy atom. The van der Waals surface area contributed by atoms with Crippen molar-refractivity contribution >= 4 is 5.97 Å². The van der Waals surface area contributed by atoms with Crippen molar-refractivity contribution in [2.24, 2.45) is 0 Å². The first-order valence-corrected chi connectivity index (χ1v) is 4.49. The van der Waals surface area contributed by atoms with Crippen molar-refractivity contribution in [2.45, 2.75) is 13.0 Å². The standard InChI is InChI=1S/C9H7N3O3/c13-9(14)8-10-3-5-7-6(15-4-11-7)1-2-12(5)8/h3-4H,1-2H2,(H,13,14). The van der Waals surface area contributed by atoms with Gasteiger partial charge in [-0.2, -0.15) is 0 Å². The lowest BCUT2D eigenvalue weighted by Gasteiger charge is -2.13. The quantitative estimate of drug-likeness (QED) is 0.744. The molecular formula is C9H7N3O3. The van der Waals surface area contributed by atoms with E-state index in [1.807, 2.05) is 0 Å². The Morgan fingerprint density at radius 1 is 1.53 bits per heavy atom. The Kier molecular flexibility index (Phi) is 1.47. The van der Waals surface area contributed by atoms with Gasteiger partial charge in [-0.15, -0.1) is 0 Å². The number of aromatic carboxylic acids is 1. The lowest BCUT2D eigenvalue weighted by molar-refractivity contribution is 0.0678. The fraction of sp³-hybridized carbons (Fsp3) is 0.222. The summed E-state index contributed by atoms with van der Waals surface area (Å²) >= 11 is 0. The molecule has 0 unspecified atom stereocenters. The number of imidazole rings is 1. The maximum Gasteiger partial charge on any atom is 0.372 e. The number of aromatic nitrogens is 3. The number of aryl methyl sites for hydroxylation is 1. The average Bonchev–Trinajstić information content (AvgIpc) is 2.82. The molecule has 6 heteroatoms. The molecule has 0 aromatic carbocycles. The van der Waals surface area contributed by atoms with Crippen molar-refractivity contribution in [1.29, 1.82) is 0 Å². The molecule has 0 amide bonds. The summed E-state index contributed by atoms with van der Waals surface area (Å²) in [4.78, 5) is 18.8. The van der Waals surface area contributed by atoms with E-state index in [9.17, 15) is 4.79 Å². The topological polar surface area (TPSA) is 81.1 Å². The van der Waals surface area contributed by atoms with Crippen LogP contribution in [0.5, 0.6) is 0 Å². The number of rotatable bonds is 1. The van der Waals surface area contributed by atoms with Crippen molar-refractivity contribution in [3.8, 4) is 11.4 Å². The summed E-state index contributed by atoms with van der Waals surface area (Å²) in [5.74, 6) is -0.175. The summed E-state index contributed by atoms with van der Waals surface area (Å²) < 4.78 is 6.83. The van der Waals surface area contributed by atoms with Crippen molar-refractivity contribution < 1.29 is 14.3 Å². The van der Waals surface area contributed by atoms with Crippen LogP contribution in [-0.4, -0.2) is 25.6 Å². The molecule has 1 aliphatic heterocycles. The molecule has 1 aliphatic rings. The molecule has 76 valence electrons. The molecule has 0 fully saturated rings. The van der Waals surface area contributed by atoms with Crippen LogP contribution >= 0.6 is 0 Å². The third-order valence-corrected chi connectivity index (χ3v) is 2.49. The van der Waals surface area contributed by atoms with E-state index in [1.165, 1.54) is 12.6 Å². The van der Waals surface area contributed by atoms with Gasteiger partial charge in [0.2, 0.25) is 5.82 Å². The van der Waals surface area contributed by atoms with Crippen LogP contribution in [-0.2, 0) is 13.0 Å². The monoisotopic (exact) mass is 205 g/mol. The highest BCUT2D eigenvalue weighted by Crippen LogP contribution is 2.28. The summed E-state index contributed by atoms with van der Waals surface area (Å²) in [6.45, 7) is 0.569. The van der Waals surface area contributed by atoms with Gasteiger partial charge in [-0.05, 0) is 0 Å². The number of hydrogen-bond acceptors (Lipinski definition) is 4. The second kappa shape index (κ2) is 2.69. The smallest absolute Gasteiger partial charge is 0.372 e. The van der Waals surface area contributed by atoms with E-state index in [-0.39, 0.29) is 5.82 Å². The van der Waals surface area contributed by atoms with Gasteiger partial charge in [0.25, 0.3) is 0 Å². The number of carbonyl (C=O) groups is 1. The number of fused-ring (bicyclic) bond motifs is 3. The lowest BCUT2D eigenvalue weighted by Crippen LogP contribution is -2.15. The minimum atomic E-state index is -1.02. The first-order valence-electron chi connectivity index (χ1n) is 4.49. The highest BCUT2D eigenvalue weighted by molar-refractivity contribution is 5.85. The summed E-state index contributed by atoms with van der Waals surface area (Å²) in [6, 6.07) is 0. The normalized spacial score (nSPS) is 13.3. The zero-order chi connectivity index (χ0) is 10.4. The van der Waals surface area contributed by atoms with Crippen LogP contribution < -0.4 is 0 Å². The fourth-order valence-electron chi connectivity index (χ4n) is 1.83. The minimum absolute atomic E-state index is 0.0543. The molecule has 1 N–H and O–H groups in total. The van der Waals surface area contributed by atoms with E-state index < -0.39 is 5.97 Å². The molecule has 3 rings (SSSR count). The molecule has 2 aromatic rings. The second-order valence-corrected chi connectivity index (χ2v) is 3.30. The summed E-state index contributed by atoms with van der Waals surface area (Å²) in [5, 5.41) is 8.90.